The van der Waals surface area contributed by atoms with Crippen LogP contribution in [0.1, 0.15) is 0 Å². The fraction of sp³-hybridized carbons (Fsp3) is 0.235. The molecule has 1 aliphatic rings. The Morgan fingerprint density at radius 2 is 1.88 bits per heavy atom. The van der Waals surface area contributed by atoms with E-state index in [1.165, 1.54) is 0 Å². The third kappa shape index (κ3) is 3.32. The predicted octanol–water partition coefficient (Wildman–Crippen LogP) is -0.219. The first kappa shape index (κ1) is 16.0. The third-order valence-electron chi connectivity index (χ3n) is 4.34. The first-order valence-electron chi connectivity index (χ1n) is 8.26. The molecule has 3 heterocycles. The predicted molar refractivity (Wildman–Crippen MR) is 97.7 cm³/mol. The smallest absolute Gasteiger partial charge is 0.423 e. The molecule has 0 aliphatic carbocycles. The largest absolute Gasteiger partial charge is 0.488 e. The summed E-state index contributed by atoms with van der Waals surface area (Å²) < 4.78 is 0. The highest BCUT2D eigenvalue weighted by Gasteiger charge is 2.15. The molecule has 0 amide bonds. The summed E-state index contributed by atoms with van der Waals surface area (Å²) in [6.45, 7) is 3.63. The van der Waals surface area contributed by atoms with Crippen molar-refractivity contribution in [3.63, 3.8) is 0 Å². The molecule has 0 atom stereocenters. The molecule has 25 heavy (non-hydrogen) atoms. The number of nitrogens with one attached hydrogen (secondary N) is 1. The molecule has 0 unspecified atom stereocenters. The zero-order valence-electron chi connectivity index (χ0n) is 13.6. The maximum Gasteiger partial charge on any atom is 0.488 e. The minimum atomic E-state index is -1.49. The van der Waals surface area contributed by atoms with Crippen LogP contribution in [0.2, 0.25) is 0 Å². The van der Waals surface area contributed by atoms with Crippen molar-refractivity contribution in [1.82, 2.24) is 20.3 Å². The molecule has 0 saturated carbocycles. The van der Waals surface area contributed by atoms with Gasteiger partial charge in [-0.3, -0.25) is 4.98 Å². The van der Waals surface area contributed by atoms with Gasteiger partial charge >= 0.3 is 7.12 Å². The Kier molecular flexibility index (Phi) is 4.31. The average Bonchev–Trinajstić information content (AvgIpc) is 2.68. The standard InChI is InChI=1S/C17H18BN5O2/c24-18(25)14-1-2-15-12(10-14)9-13(11-21-15)16-3-4-20-17(22-16)23-7-5-19-6-8-23/h1-4,9-11,19,24-25H,5-8H2. The molecule has 3 aromatic rings. The number of fused-ring (bicyclic) bond motifs is 1. The minimum Gasteiger partial charge on any atom is -0.423 e. The lowest BCUT2D eigenvalue weighted by Crippen LogP contribution is -2.44. The summed E-state index contributed by atoms with van der Waals surface area (Å²) in [7, 11) is -1.49. The molecule has 4 rings (SSSR count). The number of anilines is 1. The van der Waals surface area contributed by atoms with Crippen molar-refractivity contribution in [3.8, 4) is 11.3 Å². The van der Waals surface area contributed by atoms with Gasteiger partial charge in [0.05, 0.1) is 11.2 Å². The molecule has 0 radical (unpaired) electrons. The van der Waals surface area contributed by atoms with Gasteiger partial charge in [-0.1, -0.05) is 12.1 Å². The number of benzene rings is 1. The van der Waals surface area contributed by atoms with E-state index in [-0.39, 0.29) is 0 Å². The number of hydrogen-bond acceptors (Lipinski definition) is 7. The first-order chi connectivity index (χ1) is 12.2. The van der Waals surface area contributed by atoms with Gasteiger partial charge in [-0.15, -0.1) is 0 Å². The lowest BCUT2D eigenvalue weighted by atomic mass is 9.80. The Bertz CT molecular complexity index is 899. The van der Waals surface area contributed by atoms with Crippen LogP contribution in [0, 0.1) is 0 Å². The molecule has 1 saturated heterocycles. The van der Waals surface area contributed by atoms with Gasteiger partial charge in [0.2, 0.25) is 5.95 Å². The van der Waals surface area contributed by atoms with Crippen LogP contribution in [0.3, 0.4) is 0 Å². The fourth-order valence-corrected chi connectivity index (χ4v) is 2.98. The van der Waals surface area contributed by atoms with Crippen LogP contribution in [-0.4, -0.2) is 58.3 Å². The molecule has 0 bridgehead atoms. The van der Waals surface area contributed by atoms with Crippen LogP contribution in [0.15, 0.2) is 42.7 Å². The maximum atomic E-state index is 9.35. The summed E-state index contributed by atoms with van der Waals surface area (Å²) in [5.41, 5.74) is 2.91. The van der Waals surface area contributed by atoms with E-state index in [4.69, 9.17) is 0 Å². The van der Waals surface area contributed by atoms with Gasteiger partial charge in [0.25, 0.3) is 0 Å². The molecule has 0 spiro atoms. The molecule has 7 nitrogen and oxygen atoms in total. The molecule has 126 valence electrons. The normalized spacial score (nSPS) is 14.7. The monoisotopic (exact) mass is 335 g/mol. The Labute approximate surface area is 145 Å². The lowest BCUT2D eigenvalue weighted by molar-refractivity contribution is 0.426. The number of nitrogens with zero attached hydrogens (tertiary/aromatic N) is 4. The van der Waals surface area contributed by atoms with Crippen molar-refractivity contribution in [3.05, 3.63) is 42.7 Å². The number of piperazine rings is 1. The topological polar surface area (TPSA) is 94.4 Å². The summed E-state index contributed by atoms with van der Waals surface area (Å²) in [6, 6.07) is 8.99. The first-order valence-corrected chi connectivity index (χ1v) is 8.26. The van der Waals surface area contributed by atoms with Crippen LogP contribution >= 0.6 is 0 Å². The van der Waals surface area contributed by atoms with Crippen LogP contribution in [0.25, 0.3) is 22.2 Å². The summed E-state index contributed by atoms with van der Waals surface area (Å²) in [4.78, 5) is 15.7. The van der Waals surface area contributed by atoms with Crippen molar-refractivity contribution in [2.45, 2.75) is 0 Å². The van der Waals surface area contributed by atoms with Gasteiger partial charge < -0.3 is 20.3 Å². The van der Waals surface area contributed by atoms with Gasteiger partial charge in [0, 0.05) is 49.5 Å². The van der Waals surface area contributed by atoms with Gasteiger partial charge in [-0.25, -0.2) is 9.97 Å². The van der Waals surface area contributed by atoms with E-state index in [0.717, 1.165) is 54.3 Å². The maximum absolute atomic E-state index is 9.35. The fourth-order valence-electron chi connectivity index (χ4n) is 2.98. The minimum absolute atomic E-state index is 0.440. The SMILES string of the molecule is OB(O)c1ccc2ncc(-c3ccnc(N4CCNCC4)n3)cc2c1. The Morgan fingerprint density at radius 1 is 1.04 bits per heavy atom. The molecule has 2 aromatic heterocycles. The summed E-state index contributed by atoms with van der Waals surface area (Å²) >= 11 is 0. The Balaban J connectivity index is 1.71. The van der Waals surface area contributed by atoms with Crippen LogP contribution in [0.4, 0.5) is 5.95 Å². The highest BCUT2D eigenvalue weighted by molar-refractivity contribution is 6.58. The van der Waals surface area contributed by atoms with Crippen LogP contribution in [0.5, 0.6) is 0 Å². The van der Waals surface area contributed by atoms with E-state index in [1.54, 1.807) is 30.6 Å². The van der Waals surface area contributed by atoms with E-state index < -0.39 is 7.12 Å². The molecule has 1 aliphatic heterocycles. The zero-order valence-corrected chi connectivity index (χ0v) is 13.6. The highest BCUT2D eigenvalue weighted by atomic mass is 16.4. The molecule has 3 N–H and O–H groups in total. The Morgan fingerprint density at radius 3 is 2.68 bits per heavy atom. The van der Waals surface area contributed by atoms with E-state index in [0.29, 0.717) is 5.46 Å². The molecule has 1 fully saturated rings. The van der Waals surface area contributed by atoms with Gasteiger partial charge in [0.15, 0.2) is 0 Å². The van der Waals surface area contributed by atoms with Gasteiger partial charge in [-0.05, 0) is 23.7 Å². The molecular formula is C17H18BN5O2. The van der Waals surface area contributed by atoms with E-state index in [9.17, 15) is 10.0 Å². The van der Waals surface area contributed by atoms with Crippen molar-refractivity contribution in [2.75, 3.05) is 31.1 Å². The second-order valence-corrected chi connectivity index (χ2v) is 6.03. The second-order valence-electron chi connectivity index (χ2n) is 6.03. The molecular weight excluding hydrogens is 317 g/mol. The van der Waals surface area contributed by atoms with Crippen molar-refractivity contribution in [1.29, 1.82) is 0 Å². The lowest BCUT2D eigenvalue weighted by Gasteiger charge is -2.27. The van der Waals surface area contributed by atoms with Gasteiger partial charge in [0.1, 0.15) is 0 Å². The van der Waals surface area contributed by atoms with Crippen LogP contribution in [-0.2, 0) is 0 Å². The quantitative estimate of drug-likeness (QED) is 0.570. The molecule has 8 heteroatoms. The number of pyridine rings is 1. The van der Waals surface area contributed by atoms with E-state index in [2.05, 4.69) is 25.2 Å². The average molecular weight is 335 g/mol. The van der Waals surface area contributed by atoms with Crippen molar-refractivity contribution >= 4 is 29.4 Å². The molecule has 1 aromatic carbocycles. The highest BCUT2D eigenvalue weighted by Crippen LogP contribution is 2.22. The van der Waals surface area contributed by atoms with Crippen molar-refractivity contribution in [2.24, 2.45) is 0 Å². The number of rotatable bonds is 3. The Hall–Kier alpha value is -2.55. The van der Waals surface area contributed by atoms with Crippen molar-refractivity contribution < 1.29 is 10.0 Å². The number of aromatic nitrogens is 3. The number of hydrogen-bond donors (Lipinski definition) is 3. The van der Waals surface area contributed by atoms with Gasteiger partial charge in [-0.2, -0.15) is 0 Å². The summed E-state index contributed by atoms with van der Waals surface area (Å²) in [5.74, 6) is 0.721. The summed E-state index contributed by atoms with van der Waals surface area (Å²) in [6.07, 6.45) is 3.54. The third-order valence-corrected chi connectivity index (χ3v) is 4.34. The van der Waals surface area contributed by atoms with E-state index in [1.807, 2.05) is 12.1 Å². The van der Waals surface area contributed by atoms with Crippen LogP contribution < -0.4 is 15.7 Å². The second kappa shape index (κ2) is 6.75. The summed E-state index contributed by atoms with van der Waals surface area (Å²) in [5, 5.41) is 22.9. The van der Waals surface area contributed by atoms with E-state index >= 15 is 0 Å². The zero-order chi connectivity index (χ0) is 17.2.